The molecule has 24 heavy (non-hydrogen) atoms. The van der Waals surface area contributed by atoms with Crippen LogP contribution in [0, 0.1) is 17.5 Å². The van der Waals surface area contributed by atoms with Crippen LogP contribution in [0.1, 0.15) is 17.3 Å². The predicted octanol–water partition coefficient (Wildman–Crippen LogP) is 3.94. The quantitative estimate of drug-likeness (QED) is 0.843. The third kappa shape index (κ3) is 4.05. The minimum atomic E-state index is -1.42. The molecule has 0 spiro atoms. The standard InChI is InChI=1S/C16H11ClF3NO3/c1-8(15(22)21-14-12(19)3-2-4-13(14)20)24-16(23)10-7-9(17)5-6-11(10)18/h2-8H,1H3,(H,21,22)/t8-/m0/s1. The maximum Gasteiger partial charge on any atom is 0.341 e. The van der Waals surface area contributed by atoms with Gasteiger partial charge in [-0.15, -0.1) is 0 Å². The van der Waals surface area contributed by atoms with Gasteiger partial charge in [0, 0.05) is 5.02 Å². The Kier molecular flexibility index (Phi) is 5.46. The molecule has 0 aliphatic carbocycles. The van der Waals surface area contributed by atoms with Gasteiger partial charge in [-0.1, -0.05) is 17.7 Å². The zero-order valence-electron chi connectivity index (χ0n) is 12.3. The Morgan fingerprint density at radius 3 is 2.33 bits per heavy atom. The number of rotatable bonds is 4. The van der Waals surface area contributed by atoms with Crippen LogP contribution in [0.5, 0.6) is 0 Å². The third-order valence-electron chi connectivity index (χ3n) is 3.01. The van der Waals surface area contributed by atoms with Crippen LogP contribution < -0.4 is 5.32 Å². The van der Waals surface area contributed by atoms with Gasteiger partial charge in [0.15, 0.2) is 6.10 Å². The SMILES string of the molecule is C[C@H](OC(=O)c1cc(Cl)ccc1F)C(=O)Nc1c(F)cccc1F. The zero-order valence-corrected chi connectivity index (χ0v) is 13.0. The second-order valence-electron chi connectivity index (χ2n) is 4.76. The van der Waals surface area contributed by atoms with E-state index < -0.39 is 46.7 Å². The molecule has 0 aliphatic rings. The first-order valence-corrected chi connectivity index (χ1v) is 7.08. The molecular weight excluding hydrogens is 347 g/mol. The number of ether oxygens (including phenoxy) is 1. The summed E-state index contributed by atoms with van der Waals surface area (Å²) in [5, 5.41) is 2.08. The van der Waals surface area contributed by atoms with Crippen molar-refractivity contribution in [3.05, 3.63) is 64.4 Å². The summed E-state index contributed by atoms with van der Waals surface area (Å²) in [5.41, 5.74) is -1.13. The second kappa shape index (κ2) is 7.35. The van der Waals surface area contributed by atoms with Crippen molar-refractivity contribution in [1.82, 2.24) is 0 Å². The van der Waals surface area contributed by atoms with Crippen LogP contribution in [0.2, 0.25) is 5.02 Å². The number of halogens is 4. The second-order valence-corrected chi connectivity index (χ2v) is 5.19. The summed E-state index contributed by atoms with van der Waals surface area (Å²) in [7, 11) is 0. The summed E-state index contributed by atoms with van der Waals surface area (Å²) >= 11 is 5.67. The number of para-hydroxylation sites is 1. The average molecular weight is 358 g/mol. The molecule has 126 valence electrons. The molecule has 2 aromatic rings. The molecule has 0 radical (unpaired) electrons. The van der Waals surface area contributed by atoms with Gasteiger partial charge >= 0.3 is 5.97 Å². The molecule has 4 nitrogen and oxygen atoms in total. The van der Waals surface area contributed by atoms with Gasteiger partial charge in [-0.3, -0.25) is 4.79 Å². The number of carbonyl (C=O) groups excluding carboxylic acids is 2. The predicted molar refractivity (Wildman–Crippen MR) is 81.3 cm³/mol. The lowest BCUT2D eigenvalue weighted by atomic mass is 10.2. The average Bonchev–Trinajstić information content (AvgIpc) is 2.53. The molecule has 0 aromatic heterocycles. The fourth-order valence-electron chi connectivity index (χ4n) is 1.77. The van der Waals surface area contributed by atoms with Gasteiger partial charge in [-0.2, -0.15) is 0 Å². The number of hydrogen-bond donors (Lipinski definition) is 1. The first kappa shape index (κ1) is 17.8. The smallest absolute Gasteiger partial charge is 0.341 e. The van der Waals surface area contributed by atoms with Crippen LogP contribution in [-0.2, 0) is 9.53 Å². The minimum Gasteiger partial charge on any atom is -0.449 e. The molecule has 1 N–H and O–H groups in total. The van der Waals surface area contributed by atoms with Gasteiger partial charge in [0.2, 0.25) is 0 Å². The summed E-state index contributed by atoms with van der Waals surface area (Å²) in [5.74, 6) is -4.95. The Labute approximate surface area is 140 Å². The summed E-state index contributed by atoms with van der Waals surface area (Å²) < 4.78 is 45.3. The van der Waals surface area contributed by atoms with E-state index in [0.29, 0.717) is 0 Å². The van der Waals surface area contributed by atoms with Gasteiger partial charge in [-0.25, -0.2) is 18.0 Å². The van der Waals surface area contributed by atoms with Crippen LogP contribution >= 0.6 is 11.6 Å². The van der Waals surface area contributed by atoms with Crippen molar-refractivity contribution in [2.75, 3.05) is 5.32 Å². The molecule has 0 saturated heterocycles. The van der Waals surface area contributed by atoms with E-state index in [0.717, 1.165) is 30.3 Å². The van der Waals surface area contributed by atoms with Crippen molar-refractivity contribution in [2.24, 2.45) is 0 Å². The van der Waals surface area contributed by atoms with Crippen molar-refractivity contribution in [2.45, 2.75) is 13.0 Å². The highest BCUT2D eigenvalue weighted by atomic mass is 35.5. The minimum absolute atomic E-state index is 0.105. The number of amides is 1. The van der Waals surface area contributed by atoms with Crippen LogP contribution in [0.25, 0.3) is 0 Å². The number of hydrogen-bond acceptors (Lipinski definition) is 3. The zero-order chi connectivity index (χ0) is 17.9. The fraction of sp³-hybridized carbons (Fsp3) is 0.125. The van der Waals surface area contributed by atoms with E-state index in [1.54, 1.807) is 0 Å². The molecule has 2 rings (SSSR count). The highest BCUT2D eigenvalue weighted by Crippen LogP contribution is 2.19. The highest BCUT2D eigenvalue weighted by molar-refractivity contribution is 6.30. The van der Waals surface area contributed by atoms with Crippen molar-refractivity contribution < 1.29 is 27.5 Å². The Hall–Kier alpha value is -2.54. The normalized spacial score (nSPS) is 11.7. The molecule has 0 aliphatic heterocycles. The largest absolute Gasteiger partial charge is 0.449 e. The number of anilines is 1. The summed E-state index contributed by atoms with van der Waals surface area (Å²) in [6, 6.07) is 6.29. The van der Waals surface area contributed by atoms with E-state index in [9.17, 15) is 22.8 Å². The van der Waals surface area contributed by atoms with Gasteiger partial charge in [0.25, 0.3) is 5.91 Å². The van der Waals surface area contributed by atoms with Gasteiger partial charge in [-0.05, 0) is 37.3 Å². The molecule has 0 unspecified atom stereocenters. The maximum atomic E-state index is 13.6. The lowest BCUT2D eigenvalue weighted by Crippen LogP contribution is -2.30. The van der Waals surface area contributed by atoms with Crippen LogP contribution in [0.4, 0.5) is 18.9 Å². The number of benzene rings is 2. The lowest BCUT2D eigenvalue weighted by molar-refractivity contribution is -0.123. The van der Waals surface area contributed by atoms with E-state index >= 15 is 0 Å². The fourth-order valence-corrected chi connectivity index (χ4v) is 1.95. The molecule has 0 fully saturated rings. The van der Waals surface area contributed by atoms with Crippen molar-refractivity contribution >= 4 is 29.2 Å². The van der Waals surface area contributed by atoms with E-state index in [-0.39, 0.29) is 5.02 Å². The van der Waals surface area contributed by atoms with Gasteiger partial charge < -0.3 is 10.1 Å². The third-order valence-corrected chi connectivity index (χ3v) is 3.25. The van der Waals surface area contributed by atoms with E-state index in [4.69, 9.17) is 16.3 Å². The molecule has 1 atom stereocenters. The van der Waals surface area contributed by atoms with Crippen molar-refractivity contribution in [3.8, 4) is 0 Å². The van der Waals surface area contributed by atoms with Crippen molar-refractivity contribution in [3.63, 3.8) is 0 Å². The van der Waals surface area contributed by atoms with Crippen LogP contribution in [0.3, 0.4) is 0 Å². The van der Waals surface area contributed by atoms with E-state index in [2.05, 4.69) is 0 Å². The molecule has 1 amide bonds. The molecule has 2 aromatic carbocycles. The monoisotopic (exact) mass is 357 g/mol. The topological polar surface area (TPSA) is 55.4 Å². The maximum absolute atomic E-state index is 13.6. The molecule has 0 heterocycles. The van der Waals surface area contributed by atoms with Gasteiger partial charge in [0.05, 0.1) is 5.56 Å². The molecular formula is C16H11ClF3NO3. The number of esters is 1. The van der Waals surface area contributed by atoms with Crippen molar-refractivity contribution in [1.29, 1.82) is 0 Å². The van der Waals surface area contributed by atoms with Crippen LogP contribution in [0.15, 0.2) is 36.4 Å². The highest BCUT2D eigenvalue weighted by Gasteiger charge is 2.23. The Morgan fingerprint density at radius 1 is 1.08 bits per heavy atom. The summed E-state index contributed by atoms with van der Waals surface area (Å²) in [6.07, 6.45) is -1.42. The first-order chi connectivity index (χ1) is 11.3. The number of carbonyl (C=O) groups is 2. The van der Waals surface area contributed by atoms with E-state index in [1.165, 1.54) is 13.0 Å². The first-order valence-electron chi connectivity index (χ1n) is 6.70. The Bertz CT molecular complexity index is 778. The Morgan fingerprint density at radius 2 is 1.71 bits per heavy atom. The summed E-state index contributed by atoms with van der Waals surface area (Å²) in [4.78, 5) is 23.8. The molecule has 8 heteroatoms. The summed E-state index contributed by atoms with van der Waals surface area (Å²) in [6.45, 7) is 1.18. The lowest BCUT2D eigenvalue weighted by Gasteiger charge is -2.14. The van der Waals surface area contributed by atoms with Gasteiger partial charge in [0.1, 0.15) is 23.1 Å². The molecule has 0 bridgehead atoms. The number of nitrogens with one attached hydrogen (secondary N) is 1. The molecule has 0 saturated carbocycles. The van der Waals surface area contributed by atoms with E-state index in [1.807, 2.05) is 5.32 Å². The Balaban J connectivity index is 2.09. The van der Waals surface area contributed by atoms with Crippen LogP contribution in [-0.4, -0.2) is 18.0 Å².